The summed E-state index contributed by atoms with van der Waals surface area (Å²) < 4.78 is 0. The summed E-state index contributed by atoms with van der Waals surface area (Å²) in [6.45, 7) is 1.21. The Hall–Kier alpha value is -3.65. The highest BCUT2D eigenvalue weighted by molar-refractivity contribution is 7.13. The first-order chi connectivity index (χ1) is 15.2. The summed E-state index contributed by atoms with van der Waals surface area (Å²) in [6.07, 6.45) is 5.69. The average molecular weight is 430 g/mol. The molecule has 0 spiro atoms. The van der Waals surface area contributed by atoms with Crippen LogP contribution in [-0.4, -0.2) is 44.8 Å². The Morgan fingerprint density at radius 1 is 1.13 bits per heavy atom. The second-order valence-electron chi connectivity index (χ2n) is 7.38. The molecule has 1 aliphatic heterocycles. The smallest absolute Gasteiger partial charge is 0.258 e. The van der Waals surface area contributed by atoms with Crippen LogP contribution in [0.4, 0.5) is 5.13 Å². The molecule has 31 heavy (non-hydrogen) atoms. The summed E-state index contributed by atoms with van der Waals surface area (Å²) in [6, 6.07) is 13.0. The summed E-state index contributed by atoms with van der Waals surface area (Å²) in [5.41, 5.74) is 2.73. The largest absolute Gasteiger partial charge is 0.338 e. The number of aromatic nitrogens is 3. The van der Waals surface area contributed by atoms with Crippen molar-refractivity contribution in [3.05, 3.63) is 83.3 Å². The van der Waals surface area contributed by atoms with Crippen LogP contribution in [0.1, 0.15) is 38.7 Å². The number of benzene rings is 1. The fourth-order valence-corrected chi connectivity index (χ4v) is 4.42. The molecule has 0 saturated carbocycles. The molecule has 8 heteroatoms. The number of fused-ring (bicyclic) bond motifs is 1. The van der Waals surface area contributed by atoms with E-state index in [0.29, 0.717) is 29.3 Å². The van der Waals surface area contributed by atoms with E-state index in [2.05, 4.69) is 15.3 Å². The minimum atomic E-state index is -0.212. The van der Waals surface area contributed by atoms with E-state index in [9.17, 15) is 9.59 Å². The molecule has 1 saturated heterocycles. The van der Waals surface area contributed by atoms with Crippen LogP contribution < -0.4 is 5.32 Å². The van der Waals surface area contributed by atoms with Crippen LogP contribution in [0, 0.1) is 0 Å². The molecular formula is C23H19N5O2S. The lowest BCUT2D eigenvalue weighted by atomic mass is 9.99. The Bertz CT molecular complexity index is 1240. The molecular weight excluding hydrogens is 410 g/mol. The Kier molecular flexibility index (Phi) is 5.13. The molecule has 1 atom stereocenters. The van der Waals surface area contributed by atoms with Gasteiger partial charge in [-0.05, 0) is 30.7 Å². The van der Waals surface area contributed by atoms with Gasteiger partial charge >= 0.3 is 0 Å². The van der Waals surface area contributed by atoms with Crippen molar-refractivity contribution < 1.29 is 9.59 Å². The van der Waals surface area contributed by atoms with Gasteiger partial charge in [0, 0.05) is 54.1 Å². The molecule has 1 unspecified atom stereocenters. The molecule has 5 rings (SSSR count). The van der Waals surface area contributed by atoms with Crippen LogP contribution in [0.5, 0.6) is 0 Å². The van der Waals surface area contributed by atoms with E-state index in [1.165, 1.54) is 11.3 Å². The van der Waals surface area contributed by atoms with Crippen molar-refractivity contribution in [3.8, 4) is 0 Å². The topological polar surface area (TPSA) is 88.1 Å². The number of carbonyl (C=O) groups excluding carboxylic acids is 2. The first-order valence-electron chi connectivity index (χ1n) is 9.99. The van der Waals surface area contributed by atoms with Crippen LogP contribution >= 0.6 is 11.3 Å². The molecule has 1 aromatic carbocycles. The fourth-order valence-electron chi connectivity index (χ4n) is 3.90. The standard InChI is InChI=1S/C23H19N5O2S/c29-21(27-23-25-9-11-31-23)18-12-20(26-19-6-2-1-5-17(18)19)16-7-10-28(14-16)22(30)15-4-3-8-24-13-15/h1-6,8-9,11-13,16H,7,10,14H2,(H,25,27,29). The zero-order valence-corrected chi connectivity index (χ0v) is 17.4. The molecule has 4 heterocycles. The molecule has 0 bridgehead atoms. The third-order valence-corrected chi connectivity index (χ3v) is 6.12. The molecule has 154 valence electrons. The predicted molar refractivity (Wildman–Crippen MR) is 119 cm³/mol. The normalized spacial score (nSPS) is 15.9. The highest BCUT2D eigenvalue weighted by Gasteiger charge is 2.30. The zero-order valence-electron chi connectivity index (χ0n) is 16.6. The number of likely N-dealkylation sites (tertiary alicyclic amines) is 1. The van der Waals surface area contributed by atoms with Gasteiger partial charge in [0.05, 0.1) is 16.6 Å². The van der Waals surface area contributed by atoms with Crippen LogP contribution in [0.2, 0.25) is 0 Å². The minimum absolute atomic E-state index is 0.0295. The van der Waals surface area contributed by atoms with Gasteiger partial charge in [-0.3, -0.25) is 24.9 Å². The number of pyridine rings is 2. The second kappa shape index (κ2) is 8.23. The summed E-state index contributed by atoms with van der Waals surface area (Å²) >= 11 is 1.37. The first-order valence-corrected chi connectivity index (χ1v) is 10.9. The summed E-state index contributed by atoms with van der Waals surface area (Å²) in [5, 5.41) is 6.03. The molecule has 7 nitrogen and oxygen atoms in total. The van der Waals surface area contributed by atoms with Gasteiger partial charge in [-0.25, -0.2) is 4.98 Å². The van der Waals surface area contributed by atoms with Crippen molar-refractivity contribution in [1.82, 2.24) is 19.9 Å². The van der Waals surface area contributed by atoms with Gasteiger partial charge in [-0.15, -0.1) is 11.3 Å². The molecule has 3 aromatic heterocycles. The molecule has 0 aliphatic carbocycles. The lowest BCUT2D eigenvalue weighted by Gasteiger charge is -2.17. The summed E-state index contributed by atoms with van der Waals surface area (Å²) in [4.78, 5) is 40.6. The van der Waals surface area contributed by atoms with Crippen molar-refractivity contribution in [2.45, 2.75) is 12.3 Å². The number of rotatable bonds is 4. The zero-order chi connectivity index (χ0) is 21.2. The summed E-state index contributed by atoms with van der Waals surface area (Å²) in [5.74, 6) is -0.175. The number of amides is 2. The Balaban J connectivity index is 1.44. The number of anilines is 1. The minimum Gasteiger partial charge on any atom is -0.338 e. The Morgan fingerprint density at radius 2 is 2.03 bits per heavy atom. The number of hydrogen-bond donors (Lipinski definition) is 1. The number of nitrogens with zero attached hydrogens (tertiary/aromatic N) is 4. The number of para-hydroxylation sites is 1. The number of nitrogens with one attached hydrogen (secondary N) is 1. The van der Waals surface area contributed by atoms with Crippen molar-refractivity contribution in [2.75, 3.05) is 18.4 Å². The summed E-state index contributed by atoms with van der Waals surface area (Å²) in [7, 11) is 0. The molecule has 2 amide bonds. The fraction of sp³-hybridized carbons (Fsp3) is 0.174. The Morgan fingerprint density at radius 3 is 2.84 bits per heavy atom. The third kappa shape index (κ3) is 3.89. The van der Waals surface area contributed by atoms with Crippen LogP contribution in [0.25, 0.3) is 10.9 Å². The Labute approximate surface area is 182 Å². The van der Waals surface area contributed by atoms with E-state index < -0.39 is 0 Å². The molecule has 0 radical (unpaired) electrons. The van der Waals surface area contributed by atoms with Crippen LogP contribution in [0.3, 0.4) is 0 Å². The number of hydrogen-bond acceptors (Lipinski definition) is 6. The number of thiazole rings is 1. The number of carbonyl (C=O) groups is 2. The van der Waals surface area contributed by atoms with Crippen LogP contribution in [-0.2, 0) is 0 Å². The molecule has 1 aliphatic rings. The van der Waals surface area contributed by atoms with E-state index >= 15 is 0 Å². The second-order valence-corrected chi connectivity index (χ2v) is 8.28. The molecule has 1 fully saturated rings. The van der Waals surface area contributed by atoms with E-state index in [-0.39, 0.29) is 17.7 Å². The highest BCUT2D eigenvalue weighted by Crippen LogP contribution is 2.30. The van der Waals surface area contributed by atoms with Gasteiger partial charge in [0.25, 0.3) is 11.8 Å². The lowest BCUT2D eigenvalue weighted by molar-refractivity contribution is 0.0790. The van der Waals surface area contributed by atoms with Crippen molar-refractivity contribution in [2.24, 2.45) is 0 Å². The van der Waals surface area contributed by atoms with Crippen molar-refractivity contribution in [1.29, 1.82) is 0 Å². The predicted octanol–water partition coefficient (Wildman–Crippen LogP) is 3.97. The lowest BCUT2D eigenvalue weighted by Crippen LogP contribution is -2.28. The maximum atomic E-state index is 13.0. The van der Waals surface area contributed by atoms with Gasteiger partial charge < -0.3 is 4.90 Å². The van der Waals surface area contributed by atoms with E-state index in [1.54, 1.807) is 30.7 Å². The van der Waals surface area contributed by atoms with E-state index in [0.717, 1.165) is 23.0 Å². The first kappa shape index (κ1) is 19.3. The molecule has 4 aromatic rings. The maximum Gasteiger partial charge on any atom is 0.258 e. The van der Waals surface area contributed by atoms with Gasteiger partial charge in [-0.1, -0.05) is 18.2 Å². The monoisotopic (exact) mass is 429 g/mol. The van der Waals surface area contributed by atoms with Crippen molar-refractivity contribution in [3.63, 3.8) is 0 Å². The SMILES string of the molecule is O=C(Nc1nccs1)c1cc(C2CCN(C(=O)c3cccnc3)C2)nc2ccccc12. The van der Waals surface area contributed by atoms with Crippen molar-refractivity contribution >= 4 is 39.2 Å². The van der Waals surface area contributed by atoms with E-state index in [4.69, 9.17) is 4.98 Å². The quantitative estimate of drug-likeness (QED) is 0.530. The van der Waals surface area contributed by atoms with E-state index in [1.807, 2.05) is 40.6 Å². The third-order valence-electron chi connectivity index (χ3n) is 5.44. The van der Waals surface area contributed by atoms with Crippen LogP contribution in [0.15, 0.2) is 66.4 Å². The highest BCUT2D eigenvalue weighted by atomic mass is 32.1. The van der Waals surface area contributed by atoms with Gasteiger partial charge in [0.1, 0.15) is 0 Å². The average Bonchev–Trinajstić information content (AvgIpc) is 3.51. The van der Waals surface area contributed by atoms with Gasteiger partial charge in [0.15, 0.2) is 5.13 Å². The van der Waals surface area contributed by atoms with Gasteiger partial charge in [-0.2, -0.15) is 0 Å². The van der Waals surface area contributed by atoms with Gasteiger partial charge in [0.2, 0.25) is 0 Å². The molecule has 1 N–H and O–H groups in total. The maximum absolute atomic E-state index is 13.0.